The molecule has 0 radical (unpaired) electrons. The SMILES string of the molecule is CCOC(=O)CCN(C)C(=O)C1CC=CC1. The van der Waals surface area contributed by atoms with Crippen molar-refractivity contribution in [1.82, 2.24) is 4.90 Å². The predicted octanol–water partition coefficient (Wildman–Crippen LogP) is 1.36. The first-order valence-electron chi connectivity index (χ1n) is 5.70. The zero-order chi connectivity index (χ0) is 12.0. The molecule has 0 aliphatic heterocycles. The highest BCUT2D eigenvalue weighted by atomic mass is 16.5. The van der Waals surface area contributed by atoms with Crippen LogP contribution in [0.4, 0.5) is 0 Å². The van der Waals surface area contributed by atoms with Gasteiger partial charge in [-0.25, -0.2) is 0 Å². The fraction of sp³-hybridized carbons (Fsp3) is 0.667. The zero-order valence-electron chi connectivity index (χ0n) is 9.94. The summed E-state index contributed by atoms with van der Waals surface area (Å²) in [5.74, 6) is -0.0480. The lowest BCUT2D eigenvalue weighted by molar-refractivity contribution is -0.144. The van der Waals surface area contributed by atoms with Crippen molar-refractivity contribution in [3.05, 3.63) is 12.2 Å². The van der Waals surface area contributed by atoms with Crippen LogP contribution in [-0.4, -0.2) is 37.0 Å². The molecule has 0 aromatic rings. The Labute approximate surface area is 96.3 Å². The number of hydrogen-bond acceptors (Lipinski definition) is 3. The summed E-state index contributed by atoms with van der Waals surface area (Å²) in [6.07, 6.45) is 5.98. The van der Waals surface area contributed by atoms with Gasteiger partial charge in [-0.15, -0.1) is 0 Å². The van der Waals surface area contributed by atoms with Crippen LogP contribution in [0.1, 0.15) is 26.2 Å². The van der Waals surface area contributed by atoms with Gasteiger partial charge in [0, 0.05) is 19.5 Å². The van der Waals surface area contributed by atoms with Crippen molar-refractivity contribution in [3.8, 4) is 0 Å². The molecule has 1 amide bonds. The molecule has 0 bridgehead atoms. The largest absolute Gasteiger partial charge is 0.466 e. The highest BCUT2D eigenvalue weighted by Gasteiger charge is 2.22. The summed E-state index contributed by atoms with van der Waals surface area (Å²) in [6, 6.07) is 0. The molecule has 0 saturated heterocycles. The molecule has 0 saturated carbocycles. The van der Waals surface area contributed by atoms with Crippen LogP contribution >= 0.6 is 0 Å². The minimum atomic E-state index is -0.244. The normalized spacial score (nSPS) is 15.1. The maximum atomic E-state index is 11.8. The van der Waals surface area contributed by atoms with E-state index in [1.807, 2.05) is 12.2 Å². The van der Waals surface area contributed by atoms with Crippen molar-refractivity contribution in [2.75, 3.05) is 20.2 Å². The maximum Gasteiger partial charge on any atom is 0.307 e. The van der Waals surface area contributed by atoms with E-state index in [1.165, 1.54) is 0 Å². The van der Waals surface area contributed by atoms with Crippen LogP contribution in [0, 0.1) is 5.92 Å². The second-order valence-electron chi connectivity index (χ2n) is 3.95. The van der Waals surface area contributed by atoms with E-state index in [0.717, 1.165) is 12.8 Å². The molecule has 0 spiro atoms. The average Bonchev–Trinajstić information content (AvgIpc) is 2.78. The molecular weight excluding hydrogens is 206 g/mol. The molecule has 0 atom stereocenters. The number of rotatable bonds is 5. The standard InChI is InChI=1S/C12H19NO3/c1-3-16-11(14)8-9-13(2)12(15)10-6-4-5-7-10/h4-5,10H,3,6-9H2,1-2H3. The van der Waals surface area contributed by atoms with Gasteiger partial charge in [-0.2, -0.15) is 0 Å². The number of nitrogens with zero attached hydrogens (tertiary/aromatic N) is 1. The van der Waals surface area contributed by atoms with Crippen molar-refractivity contribution < 1.29 is 14.3 Å². The van der Waals surface area contributed by atoms with Crippen molar-refractivity contribution >= 4 is 11.9 Å². The first kappa shape index (κ1) is 12.7. The third kappa shape index (κ3) is 3.68. The smallest absolute Gasteiger partial charge is 0.307 e. The van der Waals surface area contributed by atoms with E-state index in [4.69, 9.17) is 4.74 Å². The van der Waals surface area contributed by atoms with E-state index in [0.29, 0.717) is 13.2 Å². The first-order valence-corrected chi connectivity index (χ1v) is 5.70. The molecule has 0 N–H and O–H groups in total. The predicted molar refractivity (Wildman–Crippen MR) is 60.8 cm³/mol. The highest BCUT2D eigenvalue weighted by molar-refractivity contribution is 5.80. The molecule has 1 rings (SSSR count). The zero-order valence-corrected chi connectivity index (χ0v) is 9.94. The lowest BCUT2D eigenvalue weighted by atomic mass is 10.1. The van der Waals surface area contributed by atoms with Crippen LogP contribution in [0.5, 0.6) is 0 Å². The Hall–Kier alpha value is -1.32. The van der Waals surface area contributed by atoms with Gasteiger partial charge >= 0.3 is 5.97 Å². The summed E-state index contributed by atoms with van der Waals surface area (Å²) in [7, 11) is 1.74. The van der Waals surface area contributed by atoms with Gasteiger partial charge in [-0.1, -0.05) is 12.2 Å². The van der Waals surface area contributed by atoms with E-state index in [2.05, 4.69) is 0 Å². The van der Waals surface area contributed by atoms with Crippen molar-refractivity contribution in [3.63, 3.8) is 0 Å². The summed E-state index contributed by atoms with van der Waals surface area (Å²) in [4.78, 5) is 24.6. The molecule has 4 nitrogen and oxygen atoms in total. The topological polar surface area (TPSA) is 46.6 Å². The molecule has 1 aliphatic carbocycles. The Balaban J connectivity index is 2.26. The first-order chi connectivity index (χ1) is 7.65. The molecular formula is C12H19NO3. The third-order valence-corrected chi connectivity index (χ3v) is 2.69. The summed E-state index contributed by atoms with van der Waals surface area (Å²) >= 11 is 0. The van der Waals surface area contributed by atoms with Crippen molar-refractivity contribution in [1.29, 1.82) is 0 Å². The number of carbonyl (C=O) groups is 2. The number of amides is 1. The maximum absolute atomic E-state index is 11.8. The molecule has 0 heterocycles. The van der Waals surface area contributed by atoms with Crippen LogP contribution in [0.3, 0.4) is 0 Å². The number of allylic oxidation sites excluding steroid dienone is 2. The van der Waals surface area contributed by atoms with Gasteiger partial charge in [0.15, 0.2) is 0 Å². The number of carbonyl (C=O) groups excluding carboxylic acids is 2. The quantitative estimate of drug-likeness (QED) is 0.524. The fourth-order valence-electron chi connectivity index (χ4n) is 1.73. The van der Waals surface area contributed by atoms with Gasteiger partial charge in [-0.05, 0) is 19.8 Å². The monoisotopic (exact) mass is 225 g/mol. The molecule has 16 heavy (non-hydrogen) atoms. The van der Waals surface area contributed by atoms with Gasteiger partial charge in [0.1, 0.15) is 0 Å². The van der Waals surface area contributed by atoms with Crippen LogP contribution in [0.25, 0.3) is 0 Å². The Morgan fingerprint density at radius 3 is 2.56 bits per heavy atom. The van der Waals surface area contributed by atoms with E-state index in [1.54, 1.807) is 18.9 Å². The fourth-order valence-corrected chi connectivity index (χ4v) is 1.73. The third-order valence-electron chi connectivity index (χ3n) is 2.69. The van der Waals surface area contributed by atoms with Crippen molar-refractivity contribution in [2.45, 2.75) is 26.2 Å². The minimum Gasteiger partial charge on any atom is -0.466 e. The molecule has 0 aromatic heterocycles. The van der Waals surface area contributed by atoms with Crippen LogP contribution < -0.4 is 0 Å². The summed E-state index contributed by atoms with van der Waals surface area (Å²) in [5, 5.41) is 0. The van der Waals surface area contributed by atoms with Crippen LogP contribution in [0.2, 0.25) is 0 Å². The number of esters is 1. The molecule has 1 aliphatic rings. The molecule has 0 unspecified atom stereocenters. The molecule has 0 aromatic carbocycles. The van der Waals surface area contributed by atoms with Gasteiger partial charge in [0.05, 0.1) is 13.0 Å². The lowest BCUT2D eigenvalue weighted by Gasteiger charge is -2.20. The summed E-state index contributed by atoms with van der Waals surface area (Å²) in [5.41, 5.74) is 0. The highest BCUT2D eigenvalue weighted by Crippen LogP contribution is 2.19. The van der Waals surface area contributed by atoms with Crippen LogP contribution in [-0.2, 0) is 14.3 Å². The second kappa shape index (κ2) is 6.30. The Morgan fingerprint density at radius 1 is 1.38 bits per heavy atom. The van der Waals surface area contributed by atoms with E-state index >= 15 is 0 Å². The Bertz CT molecular complexity index is 278. The minimum absolute atomic E-state index is 0.0761. The number of hydrogen-bond donors (Lipinski definition) is 0. The van der Waals surface area contributed by atoms with Gasteiger partial charge in [0.25, 0.3) is 0 Å². The Kier molecular flexibility index (Phi) is 5.02. The molecule has 0 fully saturated rings. The van der Waals surface area contributed by atoms with Crippen LogP contribution in [0.15, 0.2) is 12.2 Å². The van der Waals surface area contributed by atoms with E-state index in [-0.39, 0.29) is 24.2 Å². The number of ether oxygens (including phenoxy) is 1. The lowest BCUT2D eigenvalue weighted by Crippen LogP contribution is -2.33. The van der Waals surface area contributed by atoms with Gasteiger partial charge in [-0.3, -0.25) is 9.59 Å². The Morgan fingerprint density at radius 2 is 2.00 bits per heavy atom. The second-order valence-corrected chi connectivity index (χ2v) is 3.95. The van der Waals surface area contributed by atoms with E-state index in [9.17, 15) is 9.59 Å². The van der Waals surface area contributed by atoms with Crippen molar-refractivity contribution in [2.24, 2.45) is 5.92 Å². The van der Waals surface area contributed by atoms with E-state index < -0.39 is 0 Å². The molecule has 90 valence electrons. The molecule has 4 heteroatoms. The summed E-state index contributed by atoms with van der Waals surface area (Å²) in [6.45, 7) is 2.61. The average molecular weight is 225 g/mol. The van der Waals surface area contributed by atoms with Gasteiger partial charge < -0.3 is 9.64 Å². The summed E-state index contributed by atoms with van der Waals surface area (Å²) < 4.78 is 4.81. The van der Waals surface area contributed by atoms with Gasteiger partial charge in [0.2, 0.25) is 5.91 Å².